The second kappa shape index (κ2) is 8.49. The maximum atomic E-state index is 12.3. The lowest BCUT2D eigenvalue weighted by molar-refractivity contribution is -0.120. The first-order valence-corrected chi connectivity index (χ1v) is 9.97. The number of nitrogens with zero attached hydrogens (tertiary/aromatic N) is 1. The fourth-order valence-electron chi connectivity index (χ4n) is 2.41. The van der Waals surface area contributed by atoms with Gasteiger partial charge in [0.2, 0.25) is 11.8 Å². The fraction of sp³-hybridized carbons (Fsp3) is 0.211. The maximum Gasteiger partial charge on any atom is 0.285 e. The van der Waals surface area contributed by atoms with Crippen molar-refractivity contribution < 1.29 is 14.4 Å². The summed E-state index contributed by atoms with van der Waals surface area (Å²) in [5, 5.41) is 5.11. The third-order valence-electron chi connectivity index (χ3n) is 3.79. The van der Waals surface area contributed by atoms with Gasteiger partial charge in [0.15, 0.2) is 0 Å². The van der Waals surface area contributed by atoms with Crippen LogP contribution in [0.1, 0.15) is 6.42 Å². The van der Waals surface area contributed by atoms with Crippen molar-refractivity contribution in [1.29, 1.82) is 0 Å². The van der Waals surface area contributed by atoms with Crippen LogP contribution in [0.25, 0.3) is 0 Å². The quantitative estimate of drug-likeness (QED) is 0.760. The number of amides is 3. The zero-order valence-electron chi connectivity index (χ0n) is 14.9. The van der Waals surface area contributed by atoms with Crippen LogP contribution in [0.4, 0.5) is 16.2 Å². The summed E-state index contributed by atoms with van der Waals surface area (Å²) in [5.74, 6) is -0.394. The lowest BCUT2D eigenvalue weighted by Gasteiger charge is -2.23. The van der Waals surface area contributed by atoms with Gasteiger partial charge in [0, 0.05) is 36.0 Å². The van der Waals surface area contributed by atoms with Gasteiger partial charge in [0.05, 0.1) is 10.9 Å². The summed E-state index contributed by atoms with van der Waals surface area (Å²) in [7, 11) is 3.39. The van der Waals surface area contributed by atoms with Crippen LogP contribution in [0.5, 0.6) is 0 Å². The van der Waals surface area contributed by atoms with Gasteiger partial charge in [-0.3, -0.25) is 14.4 Å². The van der Waals surface area contributed by atoms with Gasteiger partial charge in [0.25, 0.3) is 5.24 Å². The van der Waals surface area contributed by atoms with Crippen LogP contribution in [-0.4, -0.2) is 41.3 Å². The molecule has 6 nitrogen and oxygen atoms in total. The number of fused-ring (bicyclic) bond motifs is 1. The smallest absolute Gasteiger partial charge is 0.285 e. The number of benzene rings is 2. The van der Waals surface area contributed by atoms with Crippen LogP contribution >= 0.6 is 23.5 Å². The molecular weight excluding hydrogens is 382 g/mol. The maximum absolute atomic E-state index is 12.3. The summed E-state index contributed by atoms with van der Waals surface area (Å²) >= 11 is 2.52. The number of carbonyl (C=O) groups is 3. The second-order valence-electron chi connectivity index (χ2n) is 6.13. The van der Waals surface area contributed by atoms with Crippen molar-refractivity contribution in [3.8, 4) is 0 Å². The molecule has 3 rings (SSSR count). The van der Waals surface area contributed by atoms with E-state index in [2.05, 4.69) is 10.6 Å². The molecule has 2 aromatic rings. The third kappa shape index (κ3) is 5.05. The highest BCUT2D eigenvalue weighted by atomic mass is 32.2. The van der Waals surface area contributed by atoms with Crippen molar-refractivity contribution in [2.45, 2.75) is 21.5 Å². The number of hydrogen-bond acceptors (Lipinski definition) is 5. The van der Waals surface area contributed by atoms with E-state index in [1.807, 2.05) is 24.3 Å². The number of rotatable bonds is 4. The van der Waals surface area contributed by atoms with E-state index >= 15 is 0 Å². The van der Waals surface area contributed by atoms with Gasteiger partial charge in [-0.1, -0.05) is 12.1 Å². The Morgan fingerprint density at radius 1 is 1.15 bits per heavy atom. The van der Waals surface area contributed by atoms with E-state index in [-0.39, 0.29) is 23.5 Å². The van der Waals surface area contributed by atoms with Gasteiger partial charge in [-0.05, 0) is 48.2 Å². The van der Waals surface area contributed by atoms with Gasteiger partial charge in [-0.2, -0.15) is 0 Å². The molecule has 0 saturated carbocycles. The van der Waals surface area contributed by atoms with E-state index in [4.69, 9.17) is 0 Å². The van der Waals surface area contributed by atoms with Gasteiger partial charge >= 0.3 is 0 Å². The second-order valence-corrected chi connectivity index (χ2v) is 8.40. The minimum Gasteiger partial charge on any atom is -0.339 e. The predicted molar refractivity (Wildman–Crippen MR) is 109 cm³/mol. The average molecular weight is 402 g/mol. The lowest BCUT2D eigenvalue weighted by Crippen LogP contribution is -2.32. The molecule has 0 fully saturated rings. The molecule has 2 N–H and O–H groups in total. The zero-order chi connectivity index (χ0) is 19.4. The molecule has 0 saturated heterocycles. The summed E-state index contributed by atoms with van der Waals surface area (Å²) in [6.45, 7) is 0. The normalized spacial score (nSPS) is 15.5. The molecule has 0 aromatic heterocycles. The molecule has 0 bridgehead atoms. The van der Waals surface area contributed by atoms with Gasteiger partial charge in [0.1, 0.15) is 0 Å². The summed E-state index contributed by atoms with van der Waals surface area (Å²) < 4.78 is 0. The summed E-state index contributed by atoms with van der Waals surface area (Å²) in [5.41, 5.74) is 1.41. The number of thioether (sulfide) groups is 2. The van der Waals surface area contributed by atoms with Crippen LogP contribution in [0.2, 0.25) is 0 Å². The monoisotopic (exact) mass is 401 g/mol. The van der Waals surface area contributed by atoms with Crippen molar-refractivity contribution in [2.75, 3.05) is 24.7 Å². The first-order chi connectivity index (χ1) is 12.9. The highest BCUT2D eigenvalue weighted by Gasteiger charge is 2.28. The first kappa shape index (κ1) is 19.3. The Hall–Kier alpha value is -2.45. The molecule has 3 amide bonds. The van der Waals surface area contributed by atoms with Gasteiger partial charge in [-0.25, -0.2) is 0 Å². The lowest BCUT2D eigenvalue weighted by atomic mass is 10.2. The van der Waals surface area contributed by atoms with Crippen LogP contribution in [-0.2, 0) is 9.59 Å². The van der Waals surface area contributed by atoms with Crippen molar-refractivity contribution >= 4 is 52.0 Å². The zero-order valence-corrected chi connectivity index (χ0v) is 16.5. The molecule has 1 unspecified atom stereocenters. The summed E-state index contributed by atoms with van der Waals surface area (Å²) in [6.07, 6.45) is 0.0838. The van der Waals surface area contributed by atoms with E-state index < -0.39 is 5.25 Å². The molecule has 27 heavy (non-hydrogen) atoms. The van der Waals surface area contributed by atoms with E-state index in [0.717, 1.165) is 27.2 Å². The number of carbonyl (C=O) groups excluding carboxylic acids is 3. The minimum absolute atomic E-state index is 0.0626. The fourth-order valence-corrected chi connectivity index (χ4v) is 4.17. The van der Waals surface area contributed by atoms with Crippen molar-refractivity contribution in [1.82, 2.24) is 4.90 Å². The van der Waals surface area contributed by atoms with Crippen LogP contribution < -0.4 is 10.6 Å². The molecule has 1 aliphatic rings. The van der Waals surface area contributed by atoms with Crippen molar-refractivity contribution in [3.63, 3.8) is 0 Å². The molecule has 1 atom stereocenters. The molecule has 0 aliphatic carbocycles. The van der Waals surface area contributed by atoms with Crippen LogP contribution in [0.3, 0.4) is 0 Å². The van der Waals surface area contributed by atoms with Crippen molar-refractivity contribution in [3.05, 3.63) is 48.5 Å². The molecule has 0 spiro atoms. The standard InChI is InChI=1S/C19H19N3O3S2/c1-22(2)19(25)26-13-9-7-12(8-10-13)20-17(23)11-16-18(24)21-14-5-3-4-6-15(14)27-16/h3-10,16H,11H2,1-2H3,(H,20,23)(H,21,24). The Morgan fingerprint density at radius 2 is 1.85 bits per heavy atom. The first-order valence-electron chi connectivity index (χ1n) is 8.28. The summed E-state index contributed by atoms with van der Waals surface area (Å²) in [4.78, 5) is 39.5. The van der Waals surface area contributed by atoms with E-state index in [9.17, 15) is 14.4 Å². The highest BCUT2D eigenvalue weighted by molar-refractivity contribution is 8.13. The van der Waals surface area contributed by atoms with Crippen molar-refractivity contribution in [2.24, 2.45) is 0 Å². The summed E-state index contributed by atoms with van der Waals surface area (Å²) in [6, 6.07) is 14.6. The van der Waals surface area contributed by atoms with Gasteiger partial charge < -0.3 is 15.5 Å². The molecule has 8 heteroatoms. The Labute approximate surface area is 166 Å². The van der Waals surface area contributed by atoms with Crippen LogP contribution in [0, 0.1) is 0 Å². The Morgan fingerprint density at radius 3 is 2.56 bits per heavy atom. The number of nitrogens with one attached hydrogen (secondary N) is 2. The molecule has 2 aromatic carbocycles. The van der Waals surface area contributed by atoms with E-state index in [1.54, 1.807) is 38.4 Å². The number of anilines is 2. The number of hydrogen-bond donors (Lipinski definition) is 2. The SMILES string of the molecule is CN(C)C(=O)Sc1ccc(NC(=O)CC2Sc3ccccc3NC2=O)cc1. The van der Waals surface area contributed by atoms with E-state index in [1.165, 1.54) is 16.7 Å². The van der Waals surface area contributed by atoms with Gasteiger partial charge in [-0.15, -0.1) is 11.8 Å². The topological polar surface area (TPSA) is 78.5 Å². The molecule has 1 heterocycles. The van der Waals surface area contributed by atoms with E-state index in [0.29, 0.717) is 5.69 Å². The molecular formula is C19H19N3O3S2. The molecule has 0 radical (unpaired) electrons. The highest BCUT2D eigenvalue weighted by Crippen LogP contribution is 2.36. The molecule has 140 valence electrons. The number of para-hydroxylation sites is 1. The predicted octanol–water partition coefficient (Wildman–Crippen LogP) is 3.90. The largest absolute Gasteiger partial charge is 0.339 e. The average Bonchev–Trinajstić information content (AvgIpc) is 2.64. The minimum atomic E-state index is -0.465. The van der Waals surface area contributed by atoms with Crippen LogP contribution in [0.15, 0.2) is 58.3 Å². The molecule has 1 aliphatic heterocycles. The Bertz CT molecular complexity index is 869. The Balaban J connectivity index is 1.56. The third-order valence-corrected chi connectivity index (χ3v) is 6.11. The Kier molecular flexibility index (Phi) is 6.08.